The maximum atomic E-state index is 12.3. The molecule has 4 N–H and O–H groups in total. The number of nitrogens with one attached hydrogen (secondary N) is 3. The number of carbonyl (C=O) groups excluding carboxylic acids is 2. The summed E-state index contributed by atoms with van der Waals surface area (Å²) >= 11 is 0. The van der Waals surface area contributed by atoms with Gasteiger partial charge in [0.1, 0.15) is 13.2 Å². The van der Waals surface area contributed by atoms with Gasteiger partial charge >= 0.3 is 12.3 Å². The molecule has 0 bridgehead atoms. The van der Waals surface area contributed by atoms with Crippen LogP contribution in [0.5, 0.6) is 0 Å². The Hall–Kier alpha value is -3.57. The normalized spacial score (nSPS) is 15.0. The highest BCUT2D eigenvalue weighted by Crippen LogP contribution is 2.33. The van der Waals surface area contributed by atoms with Gasteiger partial charge in [-0.3, -0.25) is 14.9 Å². The highest BCUT2D eigenvalue weighted by Gasteiger charge is 2.28. The van der Waals surface area contributed by atoms with E-state index in [-0.39, 0.29) is 6.61 Å². The van der Waals surface area contributed by atoms with Crippen LogP contribution in [0.1, 0.15) is 29.0 Å². The minimum atomic E-state index is -4.50. The van der Waals surface area contributed by atoms with Crippen LogP contribution in [0.15, 0.2) is 54.6 Å². The topological polar surface area (TPSA) is 103 Å². The Morgan fingerprint density at radius 3 is 2.61 bits per heavy atom. The summed E-state index contributed by atoms with van der Waals surface area (Å²) in [6.45, 7) is 0.902. The third-order valence-corrected chi connectivity index (χ3v) is 5.73. The fraction of sp³-hybridized carbons (Fsp3) is 0.360. The number of alkyl halides is 3. The van der Waals surface area contributed by atoms with Gasteiger partial charge in [-0.2, -0.15) is 13.2 Å². The molecule has 36 heavy (non-hydrogen) atoms. The minimum Gasteiger partial charge on any atom is -0.448 e. The number of amides is 2. The lowest BCUT2D eigenvalue weighted by Crippen LogP contribution is -2.36. The fourth-order valence-corrected chi connectivity index (χ4v) is 3.92. The van der Waals surface area contributed by atoms with Crippen molar-refractivity contribution >= 4 is 23.8 Å². The van der Waals surface area contributed by atoms with Gasteiger partial charge in [-0.15, -0.1) is 0 Å². The highest BCUT2D eigenvalue weighted by atomic mass is 19.4. The number of fused-ring (bicyclic) bond motifs is 1. The maximum Gasteiger partial charge on any atom is 0.407 e. The number of alkyl carbamates (subject to hydrolysis) is 1. The molecule has 0 saturated heterocycles. The van der Waals surface area contributed by atoms with E-state index in [1.807, 2.05) is 42.5 Å². The first-order chi connectivity index (χ1) is 17.2. The first-order valence-corrected chi connectivity index (χ1v) is 11.5. The molecule has 0 aromatic heterocycles. The third-order valence-electron chi connectivity index (χ3n) is 5.73. The second kappa shape index (κ2) is 12.9. The first kappa shape index (κ1) is 27.0. The average Bonchev–Trinajstić information content (AvgIpc) is 3.28. The Bertz CT molecular complexity index is 1040. The monoisotopic (exact) mass is 506 g/mol. The van der Waals surface area contributed by atoms with Crippen molar-refractivity contribution in [3.8, 4) is 0 Å². The van der Waals surface area contributed by atoms with Crippen LogP contribution >= 0.6 is 0 Å². The molecule has 0 aliphatic carbocycles. The number of hydroxylamine groups is 1. The van der Waals surface area contributed by atoms with Crippen LogP contribution in [0.3, 0.4) is 0 Å². The molecule has 1 unspecified atom stereocenters. The number of ether oxygens (including phenoxy) is 1. The molecule has 2 aromatic carbocycles. The summed E-state index contributed by atoms with van der Waals surface area (Å²) in [7, 11) is 0. The molecule has 194 valence electrons. The molecule has 3 rings (SSSR count). The Kier molecular flexibility index (Phi) is 9.71. The highest BCUT2D eigenvalue weighted by molar-refractivity contribution is 5.90. The van der Waals surface area contributed by atoms with Crippen molar-refractivity contribution in [3.05, 3.63) is 71.3 Å². The van der Waals surface area contributed by atoms with E-state index in [2.05, 4.69) is 16.3 Å². The van der Waals surface area contributed by atoms with Crippen molar-refractivity contribution in [2.45, 2.75) is 25.1 Å². The molecule has 1 atom stereocenters. The number of para-hydroxylation sites is 1. The van der Waals surface area contributed by atoms with Crippen molar-refractivity contribution in [2.24, 2.45) is 0 Å². The van der Waals surface area contributed by atoms with E-state index in [0.29, 0.717) is 25.6 Å². The molecule has 8 nitrogen and oxygen atoms in total. The number of halogens is 3. The number of hydrogen-bond acceptors (Lipinski definition) is 6. The average molecular weight is 507 g/mol. The van der Waals surface area contributed by atoms with Gasteiger partial charge in [-0.1, -0.05) is 42.5 Å². The largest absolute Gasteiger partial charge is 0.448 e. The van der Waals surface area contributed by atoms with Crippen LogP contribution < -0.4 is 16.1 Å². The smallest absolute Gasteiger partial charge is 0.407 e. The van der Waals surface area contributed by atoms with Crippen molar-refractivity contribution in [1.29, 1.82) is 0 Å². The van der Waals surface area contributed by atoms with Gasteiger partial charge in [-0.05, 0) is 41.8 Å². The van der Waals surface area contributed by atoms with Crippen LogP contribution in [0, 0.1) is 0 Å². The van der Waals surface area contributed by atoms with Crippen LogP contribution in [-0.2, 0) is 16.1 Å². The van der Waals surface area contributed by atoms with Crippen LogP contribution in [0.2, 0.25) is 0 Å². The molecule has 0 spiro atoms. The summed E-state index contributed by atoms with van der Waals surface area (Å²) in [4.78, 5) is 24.8. The number of hydrogen-bond donors (Lipinski definition) is 4. The number of nitrogens with zero attached hydrogens (tertiary/aromatic N) is 1. The maximum absolute atomic E-state index is 12.3. The Balaban J connectivity index is 1.58. The lowest BCUT2D eigenvalue weighted by atomic mass is 9.97. The van der Waals surface area contributed by atoms with E-state index in [1.165, 1.54) is 17.1 Å². The van der Waals surface area contributed by atoms with E-state index in [9.17, 15) is 22.8 Å². The fourth-order valence-electron chi connectivity index (χ4n) is 3.92. The molecule has 0 fully saturated rings. The summed E-state index contributed by atoms with van der Waals surface area (Å²) in [5, 5.41) is 13.7. The Labute approximate surface area is 207 Å². The van der Waals surface area contributed by atoms with Gasteiger partial charge in [0.2, 0.25) is 0 Å². The molecule has 1 aliphatic heterocycles. The van der Waals surface area contributed by atoms with Gasteiger partial charge in [0, 0.05) is 37.3 Å². The van der Waals surface area contributed by atoms with Crippen LogP contribution in [0.4, 0.5) is 23.7 Å². The Morgan fingerprint density at radius 2 is 1.89 bits per heavy atom. The summed E-state index contributed by atoms with van der Waals surface area (Å²) < 4.78 is 41.8. The molecule has 2 aromatic rings. The molecule has 0 saturated carbocycles. The first-order valence-electron chi connectivity index (χ1n) is 11.5. The number of rotatable bonds is 11. The zero-order chi connectivity index (χ0) is 26.0. The molecule has 0 radical (unpaired) electrons. The van der Waals surface area contributed by atoms with Gasteiger partial charge in [0.25, 0.3) is 5.91 Å². The van der Waals surface area contributed by atoms with Crippen molar-refractivity contribution < 1.29 is 32.7 Å². The van der Waals surface area contributed by atoms with Gasteiger partial charge in [-0.25, -0.2) is 10.3 Å². The molecule has 11 heteroatoms. The second-order valence-corrected chi connectivity index (χ2v) is 8.39. The van der Waals surface area contributed by atoms with Gasteiger partial charge in [0.15, 0.2) is 0 Å². The second-order valence-electron chi connectivity index (χ2n) is 8.39. The number of anilines is 1. The molecule has 1 heterocycles. The zero-order valence-electron chi connectivity index (χ0n) is 19.6. The van der Waals surface area contributed by atoms with Crippen LogP contribution in [-0.4, -0.2) is 61.1 Å². The summed E-state index contributed by atoms with van der Waals surface area (Å²) in [5.74, 6) is -0.308. The predicted octanol–water partition coefficient (Wildman–Crippen LogP) is 3.90. The molecule has 2 amide bonds. The summed E-state index contributed by atoms with van der Waals surface area (Å²) in [6, 6.07) is 15.6. The molecular formula is C25H29F3N4O4. The number of benzene rings is 2. The van der Waals surface area contributed by atoms with E-state index >= 15 is 0 Å². The lowest BCUT2D eigenvalue weighted by Gasteiger charge is -2.24. The summed E-state index contributed by atoms with van der Waals surface area (Å²) in [6.07, 6.45) is -1.99. The van der Waals surface area contributed by atoms with E-state index in [0.717, 1.165) is 29.8 Å². The van der Waals surface area contributed by atoms with Crippen molar-refractivity contribution in [1.82, 2.24) is 15.7 Å². The van der Waals surface area contributed by atoms with Crippen molar-refractivity contribution in [3.63, 3.8) is 0 Å². The van der Waals surface area contributed by atoms with Crippen LogP contribution in [0.25, 0.3) is 6.08 Å². The van der Waals surface area contributed by atoms with E-state index < -0.39 is 24.7 Å². The molecular weight excluding hydrogens is 477 g/mol. The standard InChI is InChI=1S/C25H29F3N4O4/c26-25(27,28)17-30-24(34)36-14-13-32(12-11-20-15-29-22-4-2-1-3-21(20)22)16-19-7-5-18(6-8-19)9-10-23(33)31-35/h1-10,20,29,35H,11-17H2,(H,30,34)(H,31,33)/b10-9+. The zero-order valence-corrected chi connectivity index (χ0v) is 19.6. The quantitative estimate of drug-likeness (QED) is 0.210. The number of carbonyl (C=O) groups is 2. The van der Waals surface area contributed by atoms with E-state index in [1.54, 1.807) is 11.4 Å². The van der Waals surface area contributed by atoms with Crippen molar-refractivity contribution in [2.75, 3.05) is 38.1 Å². The predicted molar refractivity (Wildman–Crippen MR) is 128 cm³/mol. The summed E-state index contributed by atoms with van der Waals surface area (Å²) in [5.41, 5.74) is 5.65. The minimum absolute atomic E-state index is 0.0553. The van der Waals surface area contributed by atoms with Gasteiger partial charge in [0.05, 0.1) is 0 Å². The SMILES string of the molecule is O=C(/C=C/c1ccc(CN(CCOC(=O)NCC(F)(F)F)CCC2CNc3ccccc32)cc1)NO. The third kappa shape index (κ3) is 8.90. The van der Waals surface area contributed by atoms with Gasteiger partial charge < -0.3 is 15.4 Å². The van der Waals surface area contributed by atoms with E-state index in [4.69, 9.17) is 9.94 Å². The Morgan fingerprint density at radius 1 is 1.14 bits per heavy atom. The molecule has 1 aliphatic rings. The lowest BCUT2D eigenvalue weighted by molar-refractivity contribution is -0.124.